The Labute approximate surface area is 138 Å². The maximum absolute atomic E-state index is 12.6. The van der Waals surface area contributed by atoms with Crippen molar-refractivity contribution in [2.24, 2.45) is 0 Å². The molecule has 4 aromatic rings. The fraction of sp³-hybridized carbons (Fsp3) is 0.105. The van der Waals surface area contributed by atoms with E-state index in [1.807, 2.05) is 73.7 Å². The van der Waals surface area contributed by atoms with E-state index in [-0.39, 0.29) is 5.69 Å². The van der Waals surface area contributed by atoms with Gasteiger partial charge in [0.25, 0.3) is 0 Å². The quantitative estimate of drug-likeness (QED) is 0.584. The van der Waals surface area contributed by atoms with Crippen LogP contribution < -0.4 is 5.69 Å². The van der Waals surface area contributed by atoms with E-state index in [1.165, 1.54) is 9.20 Å². The Morgan fingerprint density at radius 3 is 2.42 bits per heavy atom. The zero-order valence-electron chi connectivity index (χ0n) is 13.3. The first kappa shape index (κ1) is 14.4. The smallest absolute Gasteiger partial charge is 0.244 e. The van der Waals surface area contributed by atoms with Gasteiger partial charge >= 0.3 is 5.69 Å². The van der Waals surface area contributed by atoms with Gasteiger partial charge in [-0.1, -0.05) is 54.6 Å². The second kappa shape index (κ2) is 5.77. The summed E-state index contributed by atoms with van der Waals surface area (Å²) in [5, 5.41) is 8.84. The fourth-order valence-corrected chi connectivity index (χ4v) is 2.72. The third-order valence-electron chi connectivity index (χ3n) is 4.09. The Balaban J connectivity index is 1.78. The summed E-state index contributed by atoms with van der Waals surface area (Å²) in [6.07, 6.45) is 0. The standard InChI is InChI=1S/C19H16N4O/c1-14-7-5-6-10-16(14)13-22-19(24)23-18(21-22)12-11-17(20-23)15-8-3-2-4-9-15/h2-12H,13H2,1H3. The van der Waals surface area contributed by atoms with Gasteiger partial charge in [0.05, 0.1) is 12.2 Å². The first-order valence-electron chi connectivity index (χ1n) is 7.79. The largest absolute Gasteiger partial charge is 0.367 e. The highest BCUT2D eigenvalue weighted by atomic mass is 16.2. The monoisotopic (exact) mass is 316 g/mol. The van der Waals surface area contributed by atoms with Crippen LogP contribution in [0.15, 0.2) is 71.5 Å². The Bertz CT molecular complexity index is 1060. The minimum Gasteiger partial charge on any atom is -0.244 e. The molecule has 2 heterocycles. The van der Waals surface area contributed by atoms with E-state index in [2.05, 4.69) is 10.2 Å². The van der Waals surface area contributed by atoms with Gasteiger partial charge in [-0.3, -0.25) is 0 Å². The van der Waals surface area contributed by atoms with Crippen LogP contribution in [0.1, 0.15) is 11.1 Å². The van der Waals surface area contributed by atoms with Gasteiger partial charge in [0, 0.05) is 5.56 Å². The zero-order chi connectivity index (χ0) is 16.5. The van der Waals surface area contributed by atoms with Crippen LogP contribution in [0.4, 0.5) is 0 Å². The third-order valence-corrected chi connectivity index (χ3v) is 4.09. The molecule has 5 heteroatoms. The second-order valence-electron chi connectivity index (χ2n) is 5.72. The molecule has 0 aliphatic rings. The molecule has 0 unspecified atom stereocenters. The molecule has 0 radical (unpaired) electrons. The molecule has 4 rings (SSSR count). The SMILES string of the molecule is Cc1ccccc1Cn1nc2ccc(-c3ccccc3)nn2c1=O. The van der Waals surface area contributed by atoms with Crippen LogP contribution >= 0.6 is 0 Å². The maximum atomic E-state index is 12.6. The average Bonchev–Trinajstić information content (AvgIpc) is 2.93. The van der Waals surface area contributed by atoms with Crippen LogP contribution in [0.2, 0.25) is 0 Å². The van der Waals surface area contributed by atoms with Crippen LogP contribution in [-0.2, 0) is 6.54 Å². The first-order chi connectivity index (χ1) is 11.7. The summed E-state index contributed by atoms with van der Waals surface area (Å²) in [6, 6.07) is 21.5. The summed E-state index contributed by atoms with van der Waals surface area (Å²) < 4.78 is 2.82. The molecule has 24 heavy (non-hydrogen) atoms. The van der Waals surface area contributed by atoms with Crippen molar-refractivity contribution in [2.75, 3.05) is 0 Å². The van der Waals surface area contributed by atoms with Crippen molar-refractivity contribution in [1.29, 1.82) is 0 Å². The van der Waals surface area contributed by atoms with Crippen LogP contribution in [-0.4, -0.2) is 19.4 Å². The predicted molar refractivity (Wildman–Crippen MR) is 93.0 cm³/mol. The molecule has 118 valence electrons. The van der Waals surface area contributed by atoms with Crippen LogP contribution in [0.5, 0.6) is 0 Å². The zero-order valence-corrected chi connectivity index (χ0v) is 13.3. The molecule has 0 amide bonds. The van der Waals surface area contributed by atoms with Crippen molar-refractivity contribution < 1.29 is 0 Å². The summed E-state index contributed by atoms with van der Waals surface area (Å²) in [6.45, 7) is 2.47. The van der Waals surface area contributed by atoms with Gasteiger partial charge in [0.1, 0.15) is 0 Å². The molecule has 0 spiro atoms. The van der Waals surface area contributed by atoms with Gasteiger partial charge in [-0.2, -0.15) is 9.61 Å². The van der Waals surface area contributed by atoms with E-state index < -0.39 is 0 Å². The van der Waals surface area contributed by atoms with E-state index in [9.17, 15) is 4.79 Å². The Morgan fingerprint density at radius 1 is 0.875 bits per heavy atom. The normalized spacial score (nSPS) is 11.0. The second-order valence-corrected chi connectivity index (χ2v) is 5.72. The molecular formula is C19H16N4O. The van der Waals surface area contributed by atoms with Gasteiger partial charge in [-0.25, -0.2) is 9.48 Å². The minimum absolute atomic E-state index is 0.231. The lowest BCUT2D eigenvalue weighted by molar-refractivity contribution is 0.648. The molecule has 0 N–H and O–H groups in total. The van der Waals surface area contributed by atoms with Gasteiger partial charge < -0.3 is 0 Å². The first-order valence-corrected chi connectivity index (χ1v) is 7.79. The van der Waals surface area contributed by atoms with Crippen molar-refractivity contribution in [3.8, 4) is 11.3 Å². The van der Waals surface area contributed by atoms with E-state index in [1.54, 1.807) is 0 Å². The van der Waals surface area contributed by atoms with Gasteiger partial charge in [-0.15, -0.1) is 5.10 Å². The molecule has 2 aromatic heterocycles. The molecule has 0 saturated carbocycles. The summed E-state index contributed by atoms with van der Waals surface area (Å²) in [7, 11) is 0. The molecule has 0 atom stereocenters. The number of nitrogens with zero attached hydrogens (tertiary/aromatic N) is 4. The lowest BCUT2D eigenvalue weighted by atomic mass is 10.1. The molecule has 0 bridgehead atoms. The number of fused-ring (bicyclic) bond motifs is 1. The third kappa shape index (κ3) is 2.50. The predicted octanol–water partition coefficient (Wildman–Crippen LogP) is 2.91. The molecule has 0 fully saturated rings. The van der Waals surface area contributed by atoms with Crippen molar-refractivity contribution in [1.82, 2.24) is 19.4 Å². The molecule has 5 nitrogen and oxygen atoms in total. The lowest BCUT2D eigenvalue weighted by Crippen LogP contribution is -2.23. The van der Waals surface area contributed by atoms with E-state index in [0.29, 0.717) is 12.2 Å². The minimum atomic E-state index is -0.231. The van der Waals surface area contributed by atoms with Crippen LogP contribution in [0.25, 0.3) is 16.9 Å². The number of rotatable bonds is 3. The summed E-state index contributed by atoms with van der Waals surface area (Å²) >= 11 is 0. The van der Waals surface area contributed by atoms with Crippen molar-refractivity contribution >= 4 is 5.65 Å². The topological polar surface area (TPSA) is 52.2 Å². The Hall–Kier alpha value is -3.21. The average molecular weight is 316 g/mol. The van der Waals surface area contributed by atoms with E-state index >= 15 is 0 Å². The molecule has 0 saturated heterocycles. The fourth-order valence-electron chi connectivity index (χ4n) is 2.72. The summed E-state index contributed by atoms with van der Waals surface area (Å²) in [5.41, 5.74) is 4.25. The summed E-state index contributed by atoms with van der Waals surface area (Å²) in [4.78, 5) is 12.6. The number of aryl methyl sites for hydroxylation is 1. The number of aromatic nitrogens is 4. The molecular weight excluding hydrogens is 300 g/mol. The van der Waals surface area contributed by atoms with Gasteiger partial charge in [0.15, 0.2) is 5.65 Å². The van der Waals surface area contributed by atoms with Crippen molar-refractivity contribution in [3.63, 3.8) is 0 Å². The Kier molecular flexibility index (Phi) is 3.46. The van der Waals surface area contributed by atoms with Crippen molar-refractivity contribution in [3.05, 3.63) is 88.3 Å². The van der Waals surface area contributed by atoms with Crippen LogP contribution in [0.3, 0.4) is 0 Å². The van der Waals surface area contributed by atoms with E-state index in [4.69, 9.17) is 0 Å². The highest BCUT2D eigenvalue weighted by Gasteiger charge is 2.10. The maximum Gasteiger partial charge on any atom is 0.367 e. The number of hydrogen-bond acceptors (Lipinski definition) is 3. The van der Waals surface area contributed by atoms with Crippen molar-refractivity contribution in [2.45, 2.75) is 13.5 Å². The lowest BCUT2D eigenvalue weighted by Gasteiger charge is -2.03. The molecule has 0 aliphatic carbocycles. The summed E-state index contributed by atoms with van der Waals surface area (Å²) in [5.74, 6) is 0. The highest BCUT2D eigenvalue weighted by Crippen LogP contribution is 2.15. The molecule has 2 aromatic carbocycles. The van der Waals surface area contributed by atoms with Crippen LogP contribution in [0, 0.1) is 6.92 Å². The van der Waals surface area contributed by atoms with Gasteiger partial charge in [0.2, 0.25) is 0 Å². The molecule has 0 aliphatic heterocycles. The van der Waals surface area contributed by atoms with Gasteiger partial charge in [-0.05, 0) is 30.2 Å². The highest BCUT2D eigenvalue weighted by molar-refractivity contribution is 5.59. The number of hydrogen-bond donors (Lipinski definition) is 0. The number of benzene rings is 2. The van der Waals surface area contributed by atoms with E-state index in [0.717, 1.165) is 22.4 Å². The Morgan fingerprint density at radius 2 is 1.62 bits per heavy atom.